The van der Waals surface area contributed by atoms with Crippen LogP contribution in [0.3, 0.4) is 0 Å². The largest absolute Gasteiger partial charge is 0.399 e. The van der Waals surface area contributed by atoms with Gasteiger partial charge in [-0.2, -0.15) is 8.42 Å². The van der Waals surface area contributed by atoms with Crippen molar-refractivity contribution >= 4 is 10.4 Å². The minimum absolute atomic E-state index is 0. The van der Waals surface area contributed by atoms with E-state index in [1.807, 2.05) is 0 Å². The summed E-state index contributed by atoms with van der Waals surface area (Å²) in [5.41, 5.74) is 0. The van der Waals surface area contributed by atoms with Crippen LogP contribution in [0, 0.1) is 0 Å². The maximum absolute atomic E-state index is 10.9. The second kappa shape index (κ2) is 17.1. The van der Waals surface area contributed by atoms with Crippen molar-refractivity contribution < 1.29 is 16.8 Å². The Morgan fingerprint density at radius 2 is 1.32 bits per heavy atom. The van der Waals surface area contributed by atoms with E-state index in [1.165, 1.54) is 57.8 Å². The lowest BCUT2D eigenvalue weighted by molar-refractivity contribution is 0.240. The van der Waals surface area contributed by atoms with E-state index in [-0.39, 0.29) is 12.8 Å². The Hall–Kier alpha value is -0.210. The van der Waals surface area contributed by atoms with Crippen LogP contribution in [0.2, 0.25) is 0 Å². The van der Waals surface area contributed by atoms with Crippen molar-refractivity contribution in [1.82, 2.24) is 11.5 Å². The smallest absolute Gasteiger partial charge is 0.344 e. The highest BCUT2D eigenvalue weighted by atomic mass is 32.3. The van der Waals surface area contributed by atoms with E-state index in [9.17, 15) is 8.42 Å². The van der Waals surface area contributed by atoms with Gasteiger partial charge in [-0.15, -0.1) is 0 Å². The summed E-state index contributed by atoms with van der Waals surface area (Å²) >= 11 is 0. The molecule has 0 rings (SSSR count). The fourth-order valence-corrected chi connectivity index (χ4v) is 2.51. The highest BCUT2D eigenvalue weighted by molar-refractivity contribution is 7.81. The van der Waals surface area contributed by atoms with Crippen molar-refractivity contribution in [2.75, 3.05) is 26.8 Å². The van der Waals surface area contributed by atoms with E-state index < -0.39 is 10.4 Å². The molecule has 0 aliphatic heterocycles. The first kappa shape index (κ1) is 24.0. The molecule has 0 unspecified atom stereocenters. The molecule has 0 aromatic carbocycles. The van der Waals surface area contributed by atoms with Crippen molar-refractivity contribution in [3.63, 3.8) is 0 Å². The topological polar surface area (TPSA) is 99.6 Å². The molecule has 0 aliphatic rings. The van der Waals surface area contributed by atoms with E-state index >= 15 is 0 Å². The lowest BCUT2D eigenvalue weighted by atomic mass is 10.1. The van der Waals surface area contributed by atoms with Crippen molar-refractivity contribution in [2.24, 2.45) is 0 Å². The summed E-state index contributed by atoms with van der Waals surface area (Å²) in [6, 6.07) is 0. The van der Waals surface area contributed by atoms with Crippen LogP contribution >= 0.6 is 0 Å². The maximum Gasteiger partial charge on any atom is 0.399 e. The molecule has 0 saturated carbocycles. The van der Waals surface area contributed by atoms with Gasteiger partial charge in [-0.25, -0.2) is 4.18 Å². The molecule has 7 heteroatoms. The summed E-state index contributed by atoms with van der Waals surface area (Å²) in [7, 11) is -2.67. The normalized spacial score (nSPS) is 11.4. The first-order valence-corrected chi connectivity index (χ1v) is 9.61. The number of hydrogen-bond donors (Lipinski definition) is 2. The molecule has 0 aromatic heterocycles. The Balaban J connectivity index is 0. The van der Waals surface area contributed by atoms with Gasteiger partial charge in [0.2, 0.25) is 0 Å². The Morgan fingerprint density at radius 1 is 0.818 bits per heavy atom. The summed E-state index contributed by atoms with van der Waals surface area (Å²) in [6.07, 6.45) is 12.6. The third kappa shape index (κ3) is 17.8. The lowest BCUT2D eigenvalue weighted by Gasteiger charge is -2.05. The van der Waals surface area contributed by atoms with Crippen LogP contribution in [0.25, 0.3) is 0 Å². The van der Waals surface area contributed by atoms with Crippen molar-refractivity contribution in [1.29, 1.82) is 0 Å². The summed E-state index contributed by atoms with van der Waals surface area (Å²) in [5, 5.41) is 3.29. The van der Waals surface area contributed by atoms with Gasteiger partial charge in [0.25, 0.3) is 0 Å². The average molecular weight is 341 g/mol. The molecule has 0 heterocycles. The zero-order chi connectivity index (χ0) is 15.8. The molecule has 0 saturated heterocycles. The minimum atomic E-state index is -3.76. The van der Waals surface area contributed by atoms with Gasteiger partial charge >= 0.3 is 10.4 Å². The van der Waals surface area contributed by atoms with Crippen LogP contribution in [0.1, 0.15) is 71.1 Å². The Kier molecular flexibility index (Phi) is 18.7. The molecule has 0 aliphatic carbocycles. The van der Waals surface area contributed by atoms with Gasteiger partial charge in [-0.1, -0.05) is 58.3 Å². The molecular formula is C15H36N2O4S. The second-order valence-electron chi connectivity index (χ2n) is 5.33. The lowest BCUT2D eigenvalue weighted by Crippen LogP contribution is -2.19. The molecule has 136 valence electrons. The van der Waals surface area contributed by atoms with E-state index in [1.54, 1.807) is 0 Å². The zero-order valence-corrected chi connectivity index (χ0v) is 15.3. The first-order valence-electron chi connectivity index (χ1n) is 8.28. The number of nitrogens with one attached hydrogen (secondary N) is 1. The molecule has 0 amide bonds. The van der Waals surface area contributed by atoms with Gasteiger partial charge in [-0.05, 0) is 25.9 Å². The van der Waals surface area contributed by atoms with Crippen molar-refractivity contribution in [3.8, 4) is 0 Å². The fourth-order valence-electron chi connectivity index (χ4n) is 2.09. The summed E-state index contributed by atoms with van der Waals surface area (Å²) in [4.78, 5) is 0. The molecule has 4 N–H and O–H groups in total. The van der Waals surface area contributed by atoms with Gasteiger partial charge in [0.05, 0.1) is 13.7 Å². The highest BCUT2D eigenvalue weighted by Gasteiger charge is 2.07. The van der Waals surface area contributed by atoms with Gasteiger partial charge in [-0.3, -0.25) is 4.18 Å². The number of unbranched alkanes of at least 4 members (excludes halogenated alkanes) is 8. The third-order valence-corrected chi connectivity index (χ3v) is 4.25. The fraction of sp³-hybridized carbons (Fsp3) is 1.00. The monoisotopic (exact) mass is 340 g/mol. The first-order chi connectivity index (χ1) is 10.1. The quantitative estimate of drug-likeness (QED) is 0.417. The number of hydrogen-bond acceptors (Lipinski definition) is 6. The molecule has 0 aromatic rings. The van der Waals surface area contributed by atoms with Crippen LogP contribution in [-0.4, -0.2) is 35.2 Å². The Bertz CT molecular complexity index is 311. The van der Waals surface area contributed by atoms with Crippen LogP contribution in [0.4, 0.5) is 0 Å². The van der Waals surface area contributed by atoms with Gasteiger partial charge in [0.15, 0.2) is 0 Å². The van der Waals surface area contributed by atoms with Crippen LogP contribution in [0.15, 0.2) is 0 Å². The Labute approximate surface area is 137 Å². The molecule has 6 nitrogen and oxygen atoms in total. The highest BCUT2D eigenvalue weighted by Crippen LogP contribution is 2.09. The average Bonchev–Trinajstić information content (AvgIpc) is 2.47. The zero-order valence-electron chi connectivity index (χ0n) is 14.4. The van der Waals surface area contributed by atoms with Crippen molar-refractivity contribution in [3.05, 3.63) is 0 Å². The molecule has 0 spiro atoms. The van der Waals surface area contributed by atoms with Gasteiger partial charge in [0, 0.05) is 0 Å². The molecule has 0 fully saturated rings. The predicted molar refractivity (Wildman–Crippen MR) is 91.6 cm³/mol. The van der Waals surface area contributed by atoms with Gasteiger partial charge in [0.1, 0.15) is 0 Å². The molecule has 0 atom stereocenters. The molecule has 0 radical (unpaired) electrons. The predicted octanol–water partition coefficient (Wildman–Crippen LogP) is 3.57. The van der Waals surface area contributed by atoms with E-state index in [0.717, 1.165) is 20.2 Å². The molecular weight excluding hydrogens is 304 g/mol. The summed E-state index contributed by atoms with van der Waals surface area (Å²) < 4.78 is 30.5. The van der Waals surface area contributed by atoms with E-state index in [2.05, 4.69) is 20.6 Å². The Morgan fingerprint density at radius 3 is 1.86 bits per heavy atom. The third-order valence-electron chi connectivity index (χ3n) is 3.39. The second-order valence-corrected chi connectivity index (χ2v) is 6.71. The van der Waals surface area contributed by atoms with E-state index in [4.69, 9.17) is 0 Å². The molecule has 0 bridgehead atoms. The summed E-state index contributed by atoms with van der Waals surface area (Å²) in [6.45, 7) is 4.18. The van der Waals surface area contributed by atoms with Crippen molar-refractivity contribution in [2.45, 2.75) is 71.1 Å². The minimum Gasteiger partial charge on any atom is -0.344 e. The SMILES string of the molecule is CCCCCCCCCCCNCCCOS(=O)(=O)OC.N. The van der Waals surface area contributed by atoms with E-state index in [0.29, 0.717) is 6.42 Å². The standard InChI is InChI=1S/C15H33NO4S.H3N/c1-3-4-5-6-7-8-9-10-11-13-16-14-12-15-20-21(17,18)19-2;/h16H,3-15H2,1-2H3;1H3. The number of rotatable bonds is 16. The maximum atomic E-state index is 10.9. The van der Waals surface area contributed by atoms with Gasteiger partial charge < -0.3 is 11.5 Å². The van der Waals surface area contributed by atoms with Crippen LogP contribution < -0.4 is 11.5 Å². The van der Waals surface area contributed by atoms with Crippen LogP contribution in [-0.2, 0) is 18.8 Å². The van der Waals surface area contributed by atoms with Crippen LogP contribution in [0.5, 0.6) is 0 Å². The summed E-state index contributed by atoms with van der Waals surface area (Å²) in [5.74, 6) is 0. The molecule has 22 heavy (non-hydrogen) atoms.